The number of ketones is 1. The first-order valence-electron chi connectivity index (χ1n) is 8.16. The second kappa shape index (κ2) is 8.05. The van der Waals surface area contributed by atoms with Crippen LogP contribution in [0.2, 0.25) is 0 Å². The van der Waals surface area contributed by atoms with E-state index in [1.807, 2.05) is 44.2 Å². The molecule has 7 heteroatoms. The molecule has 0 aliphatic carbocycles. The number of hydrogen-bond acceptors (Lipinski definition) is 7. The summed E-state index contributed by atoms with van der Waals surface area (Å²) in [6.45, 7) is 3.80. The molecule has 0 N–H and O–H groups in total. The summed E-state index contributed by atoms with van der Waals surface area (Å²) in [5.41, 5.74) is 1.89. The van der Waals surface area contributed by atoms with Gasteiger partial charge in [0.05, 0.1) is 11.3 Å². The Kier molecular flexibility index (Phi) is 5.58. The van der Waals surface area contributed by atoms with Crippen molar-refractivity contribution in [2.75, 3.05) is 0 Å². The van der Waals surface area contributed by atoms with Crippen molar-refractivity contribution in [3.63, 3.8) is 0 Å². The third kappa shape index (κ3) is 4.64. The van der Waals surface area contributed by atoms with Crippen LogP contribution in [-0.4, -0.2) is 21.9 Å². The van der Waals surface area contributed by atoms with Crippen LogP contribution in [0.4, 0.5) is 0 Å². The van der Waals surface area contributed by atoms with Crippen molar-refractivity contribution in [3.8, 4) is 11.5 Å². The first kappa shape index (κ1) is 18.0. The van der Waals surface area contributed by atoms with Crippen LogP contribution in [0.15, 0.2) is 40.8 Å². The van der Waals surface area contributed by atoms with Gasteiger partial charge in [0.1, 0.15) is 0 Å². The summed E-state index contributed by atoms with van der Waals surface area (Å²) in [6, 6.07) is 11.3. The highest BCUT2D eigenvalue weighted by molar-refractivity contribution is 7.14. The van der Waals surface area contributed by atoms with Gasteiger partial charge in [-0.25, -0.2) is 0 Å². The van der Waals surface area contributed by atoms with E-state index in [-0.39, 0.29) is 31.1 Å². The molecule has 0 aliphatic heterocycles. The van der Waals surface area contributed by atoms with Gasteiger partial charge in [-0.05, 0) is 38.1 Å². The molecule has 0 fully saturated rings. The molecule has 0 atom stereocenters. The maximum atomic E-state index is 12.0. The fourth-order valence-electron chi connectivity index (χ4n) is 2.34. The molecule has 1 aromatic carbocycles. The van der Waals surface area contributed by atoms with Crippen molar-refractivity contribution < 1.29 is 18.7 Å². The van der Waals surface area contributed by atoms with Crippen molar-refractivity contribution in [2.24, 2.45) is 0 Å². The average molecular weight is 370 g/mol. The second-order valence-corrected chi connectivity index (χ2v) is 7.15. The van der Waals surface area contributed by atoms with Crippen molar-refractivity contribution in [1.82, 2.24) is 10.2 Å². The number of carbonyl (C=O) groups is 2. The average Bonchev–Trinajstić information content (AvgIpc) is 3.27. The Bertz CT molecular complexity index is 929. The second-order valence-electron chi connectivity index (χ2n) is 5.86. The highest BCUT2D eigenvalue weighted by atomic mass is 32.1. The third-order valence-corrected chi connectivity index (χ3v) is 4.70. The number of thiophene rings is 1. The minimum atomic E-state index is -0.470. The van der Waals surface area contributed by atoms with E-state index in [0.29, 0.717) is 10.8 Å². The van der Waals surface area contributed by atoms with Crippen molar-refractivity contribution in [1.29, 1.82) is 0 Å². The minimum absolute atomic E-state index is 0.0225. The molecule has 0 saturated heterocycles. The van der Waals surface area contributed by atoms with Crippen LogP contribution >= 0.6 is 11.3 Å². The lowest BCUT2D eigenvalue weighted by atomic mass is 10.1. The fourth-order valence-corrected chi connectivity index (χ4v) is 3.18. The molecular formula is C19H18N2O4S. The van der Waals surface area contributed by atoms with Gasteiger partial charge in [0.2, 0.25) is 5.89 Å². The zero-order valence-electron chi connectivity index (χ0n) is 14.5. The van der Waals surface area contributed by atoms with Gasteiger partial charge < -0.3 is 9.15 Å². The molecule has 0 unspecified atom stereocenters. The van der Waals surface area contributed by atoms with Crippen LogP contribution in [0.5, 0.6) is 0 Å². The van der Waals surface area contributed by atoms with Gasteiger partial charge in [-0.1, -0.05) is 17.7 Å². The molecule has 2 heterocycles. The van der Waals surface area contributed by atoms with E-state index in [9.17, 15) is 9.59 Å². The number of Topliss-reactive ketones (excluding diaryl/α,β-unsaturated/α-hetero) is 1. The number of aromatic nitrogens is 2. The molecule has 0 radical (unpaired) electrons. The van der Waals surface area contributed by atoms with E-state index in [4.69, 9.17) is 9.15 Å². The minimum Gasteiger partial charge on any atom is -0.456 e. The molecule has 134 valence electrons. The van der Waals surface area contributed by atoms with Gasteiger partial charge in [0.15, 0.2) is 12.4 Å². The number of nitrogens with zero attached hydrogens (tertiary/aromatic N) is 2. The Labute approximate surface area is 154 Å². The lowest BCUT2D eigenvalue weighted by Gasteiger charge is -2.01. The molecule has 0 bridgehead atoms. The van der Waals surface area contributed by atoms with E-state index in [2.05, 4.69) is 10.2 Å². The zero-order valence-corrected chi connectivity index (χ0v) is 15.3. The number of aryl methyl sites for hydroxylation is 2. The Hall–Kier alpha value is -2.80. The molecule has 0 spiro atoms. The molecule has 3 aromatic rings. The Balaban J connectivity index is 1.48. The highest BCUT2D eigenvalue weighted by Gasteiger charge is 2.14. The molecule has 3 rings (SSSR count). The summed E-state index contributed by atoms with van der Waals surface area (Å²) in [5.74, 6) is 0.0690. The Morgan fingerprint density at radius 2 is 1.96 bits per heavy atom. The third-order valence-electron chi connectivity index (χ3n) is 3.66. The molecular weight excluding hydrogens is 352 g/mol. The van der Waals surface area contributed by atoms with Crippen molar-refractivity contribution >= 4 is 23.1 Å². The topological polar surface area (TPSA) is 82.3 Å². The summed E-state index contributed by atoms with van der Waals surface area (Å²) in [5, 5.41) is 7.84. The molecule has 26 heavy (non-hydrogen) atoms. The van der Waals surface area contributed by atoms with Gasteiger partial charge in [-0.15, -0.1) is 21.5 Å². The molecule has 0 saturated carbocycles. The van der Waals surface area contributed by atoms with Crippen molar-refractivity contribution in [2.45, 2.75) is 33.3 Å². The van der Waals surface area contributed by atoms with Gasteiger partial charge in [-0.3, -0.25) is 9.59 Å². The van der Waals surface area contributed by atoms with E-state index in [1.165, 1.54) is 11.3 Å². The smallest absolute Gasteiger partial charge is 0.306 e. The van der Waals surface area contributed by atoms with E-state index >= 15 is 0 Å². The summed E-state index contributed by atoms with van der Waals surface area (Å²) in [4.78, 5) is 25.5. The number of carbonyl (C=O) groups excluding carboxylic acids is 2. The van der Waals surface area contributed by atoms with E-state index in [0.717, 1.165) is 16.0 Å². The van der Waals surface area contributed by atoms with E-state index < -0.39 is 5.97 Å². The van der Waals surface area contributed by atoms with E-state index in [1.54, 1.807) is 6.07 Å². The SMILES string of the molecule is Cc1cccc(-c2nnc(COC(=O)CCC(=O)c3ccc(C)s3)o2)c1. The summed E-state index contributed by atoms with van der Waals surface area (Å²) in [6.07, 6.45) is 0.145. The standard InChI is InChI=1S/C19H18N2O4S/c1-12-4-3-5-14(10-12)19-21-20-17(25-19)11-24-18(23)9-7-15(22)16-8-6-13(2)26-16/h3-6,8,10H,7,9,11H2,1-2H3. The van der Waals surface area contributed by atoms with Crippen molar-refractivity contribution in [3.05, 3.63) is 57.6 Å². The maximum absolute atomic E-state index is 12.0. The molecule has 0 amide bonds. The van der Waals surface area contributed by atoms with Crippen LogP contribution < -0.4 is 0 Å². The first-order valence-corrected chi connectivity index (χ1v) is 8.97. The number of rotatable bonds is 7. The lowest BCUT2D eigenvalue weighted by Crippen LogP contribution is -2.07. The molecule has 0 aliphatic rings. The van der Waals surface area contributed by atoms with Crippen LogP contribution in [0.25, 0.3) is 11.5 Å². The van der Waals surface area contributed by atoms with Gasteiger partial charge >= 0.3 is 5.97 Å². The largest absolute Gasteiger partial charge is 0.456 e. The maximum Gasteiger partial charge on any atom is 0.306 e. The Morgan fingerprint density at radius 1 is 1.12 bits per heavy atom. The monoisotopic (exact) mass is 370 g/mol. The Morgan fingerprint density at radius 3 is 2.69 bits per heavy atom. The van der Waals surface area contributed by atoms with Gasteiger partial charge in [0.25, 0.3) is 5.89 Å². The van der Waals surface area contributed by atoms with Gasteiger partial charge in [0, 0.05) is 16.9 Å². The highest BCUT2D eigenvalue weighted by Crippen LogP contribution is 2.20. The number of ether oxygens (including phenoxy) is 1. The fraction of sp³-hybridized carbons (Fsp3) is 0.263. The van der Waals surface area contributed by atoms with Crippen LogP contribution in [0.3, 0.4) is 0 Å². The summed E-state index contributed by atoms with van der Waals surface area (Å²) in [7, 11) is 0. The predicted octanol–water partition coefficient (Wildman–Crippen LogP) is 4.12. The number of benzene rings is 1. The lowest BCUT2D eigenvalue weighted by molar-refractivity contribution is -0.145. The molecule has 6 nitrogen and oxygen atoms in total. The van der Waals surface area contributed by atoms with Crippen LogP contribution in [0, 0.1) is 13.8 Å². The summed E-state index contributed by atoms with van der Waals surface area (Å²) >= 11 is 1.42. The first-order chi connectivity index (χ1) is 12.5. The number of esters is 1. The number of hydrogen-bond donors (Lipinski definition) is 0. The summed E-state index contributed by atoms with van der Waals surface area (Å²) < 4.78 is 10.6. The zero-order chi connectivity index (χ0) is 18.5. The predicted molar refractivity (Wildman–Crippen MR) is 96.9 cm³/mol. The van der Waals surface area contributed by atoms with Gasteiger partial charge in [-0.2, -0.15) is 0 Å². The molecule has 2 aromatic heterocycles. The van der Waals surface area contributed by atoms with Crippen LogP contribution in [0.1, 0.15) is 38.8 Å². The van der Waals surface area contributed by atoms with Crippen LogP contribution in [-0.2, 0) is 16.1 Å². The quantitative estimate of drug-likeness (QED) is 0.459. The normalized spacial score (nSPS) is 10.7.